The molecule has 0 aromatic heterocycles. The van der Waals surface area contributed by atoms with Crippen molar-refractivity contribution in [2.24, 2.45) is 0 Å². The van der Waals surface area contributed by atoms with Gasteiger partial charge in [-0.3, -0.25) is 0 Å². The van der Waals surface area contributed by atoms with Crippen LogP contribution >= 0.6 is 31.9 Å². The highest BCUT2D eigenvalue weighted by molar-refractivity contribution is 9.11. The molecule has 0 aliphatic heterocycles. The van der Waals surface area contributed by atoms with Crippen molar-refractivity contribution in [3.8, 4) is 0 Å². The molecule has 1 aromatic rings. The summed E-state index contributed by atoms with van der Waals surface area (Å²) >= 11 is 6.31. The minimum absolute atomic E-state index is 0.0885. The summed E-state index contributed by atoms with van der Waals surface area (Å²) in [6.45, 7) is 1.81. The zero-order chi connectivity index (χ0) is 11.5. The fourth-order valence-electron chi connectivity index (χ4n) is 1.19. The Morgan fingerprint density at radius 1 is 1.40 bits per heavy atom. The highest BCUT2D eigenvalue weighted by atomic mass is 79.9. The Bertz CT molecular complexity index is 433. The van der Waals surface area contributed by atoms with Gasteiger partial charge >= 0.3 is 0 Å². The third-order valence-corrected chi connectivity index (χ3v) is 5.40. The van der Waals surface area contributed by atoms with Crippen LogP contribution in [-0.4, -0.2) is 13.1 Å². The summed E-state index contributed by atoms with van der Waals surface area (Å²) in [6.07, 6.45) is 0. The zero-order valence-electron chi connectivity index (χ0n) is 8.07. The standard InChI is InChI=1S/C9H11Br2NO2S/c1-7(12-15(13,14)6-10)8-4-2-3-5-9(8)11/h2-5,7,12H,6H2,1H3/t7-/m0/s1. The largest absolute Gasteiger partial charge is 0.222 e. The second-order valence-electron chi connectivity index (χ2n) is 3.08. The molecule has 0 fully saturated rings. The topological polar surface area (TPSA) is 46.2 Å². The van der Waals surface area contributed by atoms with Crippen molar-refractivity contribution in [1.29, 1.82) is 0 Å². The van der Waals surface area contributed by atoms with Gasteiger partial charge in [-0.25, -0.2) is 13.1 Å². The first-order chi connectivity index (χ1) is 6.96. The summed E-state index contributed by atoms with van der Waals surface area (Å²) in [5.41, 5.74) is 0.919. The van der Waals surface area contributed by atoms with Gasteiger partial charge in [0.05, 0.1) is 0 Å². The number of halogens is 2. The van der Waals surface area contributed by atoms with Crippen LogP contribution in [0.5, 0.6) is 0 Å². The van der Waals surface area contributed by atoms with Gasteiger partial charge in [0.2, 0.25) is 10.0 Å². The monoisotopic (exact) mass is 355 g/mol. The van der Waals surface area contributed by atoms with Gasteiger partial charge in [0.25, 0.3) is 0 Å². The number of rotatable bonds is 4. The Hall–Kier alpha value is 0.0900. The predicted molar refractivity (Wildman–Crippen MR) is 68.4 cm³/mol. The third kappa shape index (κ3) is 3.86. The van der Waals surface area contributed by atoms with Crippen LogP contribution in [-0.2, 0) is 10.0 Å². The van der Waals surface area contributed by atoms with Crippen molar-refractivity contribution in [2.45, 2.75) is 13.0 Å². The van der Waals surface area contributed by atoms with Crippen LogP contribution in [0.2, 0.25) is 0 Å². The Balaban J connectivity index is 2.87. The molecule has 0 aliphatic carbocycles. The molecule has 0 unspecified atom stereocenters. The van der Waals surface area contributed by atoms with Gasteiger partial charge in [-0.1, -0.05) is 50.1 Å². The average Bonchev–Trinajstić information content (AvgIpc) is 2.17. The minimum Gasteiger partial charge on any atom is -0.212 e. The molecule has 84 valence electrons. The van der Waals surface area contributed by atoms with E-state index < -0.39 is 10.0 Å². The molecule has 1 N–H and O–H groups in total. The summed E-state index contributed by atoms with van der Waals surface area (Å²) in [5, 5.41) is 0. The maximum absolute atomic E-state index is 11.3. The van der Waals surface area contributed by atoms with Crippen LogP contribution in [0.15, 0.2) is 28.7 Å². The summed E-state index contributed by atoms with van der Waals surface area (Å²) in [6, 6.07) is 7.28. The lowest BCUT2D eigenvalue weighted by atomic mass is 10.1. The van der Waals surface area contributed by atoms with E-state index in [0.29, 0.717) is 0 Å². The van der Waals surface area contributed by atoms with Gasteiger partial charge < -0.3 is 0 Å². The molecule has 0 amide bonds. The molecule has 0 spiro atoms. The van der Waals surface area contributed by atoms with Gasteiger partial charge in [0.1, 0.15) is 4.66 Å². The Kier molecular flexibility index (Phi) is 4.76. The van der Waals surface area contributed by atoms with E-state index in [0.717, 1.165) is 10.0 Å². The van der Waals surface area contributed by atoms with E-state index in [1.807, 2.05) is 24.3 Å². The van der Waals surface area contributed by atoms with Crippen LogP contribution in [0.4, 0.5) is 0 Å². The molecule has 0 saturated heterocycles. The Labute approximate surface area is 107 Å². The van der Waals surface area contributed by atoms with Crippen LogP contribution < -0.4 is 4.72 Å². The molecule has 0 radical (unpaired) electrons. The number of hydrogen-bond acceptors (Lipinski definition) is 2. The van der Waals surface area contributed by atoms with Gasteiger partial charge in [-0.05, 0) is 18.6 Å². The van der Waals surface area contributed by atoms with Gasteiger partial charge in [-0.15, -0.1) is 0 Å². The van der Waals surface area contributed by atoms with E-state index >= 15 is 0 Å². The maximum Gasteiger partial charge on any atom is 0.222 e. The van der Waals surface area contributed by atoms with Crippen LogP contribution in [0, 0.1) is 0 Å². The van der Waals surface area contributed by atoms with Gasteiger partial charge in [0, 0.05) is 10.5 Å². The van der Waals surface area contributed by atoms with Crippen molar-refractivity contribution in [2.75, 3.05) is 4.66 Å². The molecule has 1 rings (SSSR count). The molecule has 6 heteroatoms. The second kappa shape index (κ2) is 5.43. The third-order valence-electron chi connectivity index (χ3n) is 1.87. The number of hydrogen-bond donors (Lipinski definition) is 1. The molecule has 0 aliphatic rings. The molecule has 0 bridgehead atoms. The molecule has 0 heterocycles. The van der Waals surface area contributed by atoms with Crippen molar-refractivity contribution in [3.05, 3.63) is 34.3 Å². The highest BCUT2D eigenvalue weighted by Gasteiger charge is 2.15. The number of sulfonamides is 1. The molecular weight excluding hydrogens is 346 g/mol. The van der Waals surface area contributed by atoms with Crippen LogP contribution in [0.25, 0.3) is 0 Å². The fraction of sp³-hybridized carbons (Fsp3) is 0.333. The second-order valence-corrected chi connectivity index (χ2v) is 7.00. The quantitative estimate of drug-likeness (QED) is 0.843. The lowest BCUT2D eigenvalue weighted by Gasteiger charge is -2.14. The van der Waals surface area contributed by atoms with Crippen molar-refractivity contribution in [1.82, 2.24) is 4.72 Å². The summed E-state index contributed by atoms with van der Waals surface area (Å²) < 4.78 is 26.0. The normalized spacial score (nSPS) is 13.8. The molecule has 3 nitrogen and oxygen atoms in total. The van der Waals surface area contributed by atoms with Crippen LogP contribution in [0.3, 0.4) is 0 Å². The van der Waals surface area contributed by atoms with E-state index in [2.05, 4.69) is 36.6 Å². The first-order valence-electron chi connectivity index (χ1n) is 4.26. The van der Waals surface area contributed by atoms with E-state index in [4.69, 9.17) is 0 Å². The first kappa shape index (κ1) is 13.2. The first-order valence-corrected chi connectivity index (χ1v) is 7.83. The molecular formula is C9H11Br2NO2S. The fourth-order valence-corrected chi connectivity index (χ4v) is 2.94. The molecule has 15 heavy (non-hydrogen) atoms. The lowest BCUT2D eigenvalue weighted by Crippen LogP contribution is -2.27. The highest BCUT2D eigenvalue weighted by Crippen LogP contribution is 2.23. The lowest BCUT2D eigenvalue weighted by molar-refractivity contribution is 0.572. The van der Waals surface area contributed by atoms with Crippen LogP contribution in [0.1, 0.15) is 18.5 Å². The zero-order valence-corrected chi connectivity index (χ0v) is 12.1. The molecule has 0 saturated carbocycles. The average molecular weight is 357 g/mol. The number of alkyl halides is 1. The molecule has 1 aromatic carbocycles. The number of nitrogens with one attached hydrogen (secondary N) is 1. The molecule has 1 atom stereocenters. The van der Waals surface area contributed by atoms with Crippen molar-refractivity contribution < 1.29 is 8.42 Å². The Morgan fingerprint density at radius 2 is 2.00 bits per heavy atom. The van der Waals surface area contributed by atoms with Gasteiger partial charge in [-0.2, -0.15) is 0 Å². The summed E-state index contributed by atoms with van der Waals surface area (Å²) in [7, 11) is -3.24. The van der Waals surface area contributed by atoms with E-state index in [1.54, 1.807) is 6.92 Å². The summed E-state index contributed by atoms with van der Waals surface area (Å²) in [5.74, 6) is 0. The predicted octanol–water partition coefficient (Wildman–Crippen LogP) is 2.78. The van der Waals surface area contributed by atoms with E-state index in [1.165, 1.54) is 0 Å². The number of benzene rings is 1. The van der Waals surface area contributed by atoms with Crippen molar-refractivity contribution in [3.63, 3.8) is 0 Å². The van der Waals surface area contributed by atoms with E-state index in [9.17, 15) is 8.42 Å². The summed E-state index contributed by atoms with van der Waals surface area (Å²) in [4.78, 5) is 0. The van der Waals surface area contributed by atoms with E-state index in [-0.39, 0.29) is 10.7 Å². The van der Waals surface area contributed by atoms with Gasteiger partial charge in [0.15, 0.2) is 0 Å². The minimum atomic E-state index is -3.24. The SMILES string of the molecule is C[C@H](NS(=O)(=O)CBr)c1ccccc1Br. The smallest absolute Gasteiger partial charge is 0.212 e. The Morgan fingerprint density at radius 3 is 2.53 bits per heavy atom. The van der Waals surface area contributed by atoms with Crippen molar-refractivity contribution >= 4 is 41.9 Å². The maximum atomic E-state index is 11.3.